The Morgan fingerprint density at radius 2 is 2.11 bits per heavy atom. The second-order valence-electron chi connectivity index (χ2n) is 4.06. The summed E-state index contributed by atoms with van der Waals surface area (Å²) in [5, 5.41) is 5.68. The lowest BCUT2D eigenvalue weighted by Gasteiger charge is -2.20. The minimum Gasteiger partial charge on any atom is -0.496 e. The minimum atomic E-state index is 0.139. The monoisotopic (exact) mass is 403 g/mol. The molecular formula is C14H15Br2NOS. The van der Waals surface area contributed by atoms with Crippen molar-refractivity contribution in [3.05, 3.63) is 49.0 Å². The SMILES string of the molecule is CCNC(c1csc(Br)c1)c1cc(Br)ccc1OC. The number of nitrogens with one attached hydrogen (secondary N) is 1. The average molecular weight is 405 g/mol. The summed E-state index contributed by atoms with van der Waals surface area (Å²) in [6, 6.07) is 8.39. The van der Waals surface area contributed by atoms with E-state index in [2.05, 4.69) is 61.6 Å². The van der Waals surface area contributed by atoms with Crippen LogP contribution in [0.3, 0.4) is 0 Å². The predicted molar refractivity (Wildman–Crippen MR) is 88.2 cm³/mol. The molecule has 102 valence electrons. The zero-order valence-electron chi connectivity index (χ0n) is 10.7. The van der Waals surface area contributed by atoms with Crippen LogP contribution in [-0.4, -0.2) is 13.7 Å². The molecule has 0 bridgehead atoms. The first kappa shape index (κ1) is 15.0. The first-order valence-electron chi connectivity index (χ1n) is 5.96. The number of halogens is 2. The molecule has 1 N–H and O–H groups in total. The van der Waals surface area contributed by atoms with E-state index in [0.29, 0.717) is 0 Å². The second kappa shape index (κ2) is 6.88. The fraction of sp³-hybridized carbons (Fsp3) is 0.286. The van der Waals surface area contributed by atoms with Crippen molar-refractivity contribution in [1.29, 1.82) is 0 Å². The van der Waals surface area contributed by atoms with E-state index in [-0.39, 0.29) is 6.04 Å². The third-order valence-electron chi connectivity index (χ3n) is 2.83. The van der Waals surface area contributed by atoms with Crippen molar-refractivity contribution < 1.29 is 4.74 Å². The third kappa shape index (κ3) is 3.60. The smallest absolute Gasteiger partial charge is 0.124 e. The molecule has 2 aromatic rings. The topological polar surface area (TPSA) is 21.3 Å². The van der Waals surface area contributed by atoms with Gasteiger partial charge in [0.15, 0.2) is 0 Å². The largest absolute Gasteiger partial charge is 0.496 e. The van der Waals surface area contributed by atoms with Gasteiger partial charge in [-0.1, -0.05) is 22.9 Å². The maximum absolute atomic E-state index is 5.49. The van der Waals surface area contributed by atoms with Gasteiger partial charge in [0.2, 0.25) is 0 Å². The van der Waals surface area contributed by atoms with Gasteiger partial charge >= 0.3 is 0 Å². The quantitative estimate of drug-likeness (QED) is 0.758. The summed E-state index contributed by atoms with van der Waals surface area (Å²) in [6.45, 7) is 3.01. The fourth-order valence-corrected chi connectivity index (χ4v) is 3.60. The zero-order chi connectivity index (χ0) is 13.8. The van der Waals surface area contributed by atoms with Crippen LogP contribution in [0.2, 0.25) is 0 Å². The van der Waals surface area contributed by atoms with E-state index in [0.717, 1.165) is 26.1 Å². The number of methoxy groups -OCH3 is 1. The molecule has 1 aromatic carbocycles. The van der Waals surface area contributed by atoms with Crippen molar-refractivity contribution in [3.63, 3.8) is 0 Å². The highest BCUT2D eigenvalue weighted by molar-refractivity contribution is 9.11. The van der Waals surface area contributed by atoms with Crippen molar-refractivity contribution in [2.45, 2.75) is 13.0 Å². The van der Waals surface area contributed by atoms with Crippen LogP contribution in [0.15, 0.2) is 37.9 Å². The van der Waals surface area contributed by atoms with E-state index < -0.39 is 0 Å². The molecule has 0 amide bonds. The first-order chi connectivity index (χ1) is 9.15. The number of thiophene rings is 1. The van der Waals surface area contributed by atoms with Gasteiger partial charge in [-0.05, 0) is 57.7 Å². The van der Waals surface area contributed by atoms with Crippen molar-refractivity contribution >= 4 is 43.2 Å². The first-order valence-corrected chi connectivity index (χ1v) is 8.43. The molecule has 0 radical (unpaired) electrons. The Morgan fingerprint density at radius 1 is 1.32 bits per heavy atom. The lowest BCUT2D eigenvalue weighted by Crippen LogP contribution is -2.22. The summed E-state index contributed by atoms with van der Waals surface area (Å²) in [6.07, 6.45) is 0. The van der Waals surface area contributed by atoms with Crippen LogP contribution < -0.4 is 10.1 Å². The second-order valence-corrected chi connectivity index (χ2v) is 7.27. The van der Waals surface area contributed by atoms with Crippen LogP contribution in [0, 0.1) is 0 Å². The molecule has 0 aliphatic carbocycles. The van der Waals surface area contributed by atoms with Gasteiger partial charge in [0.05, 0.1) is 16.9 Å². The molecule has 2 rings (SSSR count). The van der Waals surface area contributed by atoms with Gasteiger partial charge in [0.25, 0.3) is 0 Å². The standard InChI is InChI=1S/C14H15Br2NOS/c1-3-17-14(9-6-13(16)19-8-9)11-7-10(15)4-5-12(11)18-2/h4-8,14,17H,3H2,1-2H3. The molecule has 5 heteroatoms. The van der Waals surface area contributed by atoms with E-state index in [1.807, 2.05) is 12.1 Å². The van der Waals surface area contributed by atoms with Gasteiger partial charge < -0.3 is 10.1 Å². The van der Waals surface area contributed by atoms with Crippen molar-refractivity contribution in [1.82, 2.24) is 5.32 Å². The van der Waals surface area contributed by atoms with Crippen molar-refractivity contribution in [3.8, 4) is 5.75 Å². The molecule has 0 aliphatic heterocycles. The van der Waals surface area contributed by atoms with E-state index in [1.165, 1.54) is 5.56 Å². The lowest BCUT2D eigenvalue weighted by molar-refractivity contribution is 0.404. The maximum atomic E-state index is 5.49. The summed E-state index contributed by atoms with van der Waals surface area (Å²) >= 11 is 8.75. The van der Waals surface area contributed by atoms with Gasteiger partial charge in [0.1, 0.15) is 5.75 Å². The zero-order valence-corrected chi connectivity index (χ0v) is 14.7. The Morgan fingerprint density at radius 3 is 2.68 bits per heavy atom. The molecule has 1 heterocycles. The van der Waals surface area contributed by atoms with E-state index in [9.17, 15) is 0 Å². The number of hydrogen-bond acceptors (Lipinski definition) is 3. The molecule has 0 aliphatic rings. The Labute approximate surface area is 134 Å². The molecular weight excluding hydrogens is 390 g/mol. The van der Waals surface area contributed by atoms with E-state index in [1.54, 1.807) is 18.4 Å². The van der Waals surface area contributed by atoms with Crippen molar-refractivity contribution in [2.24, 2.45) is 0 Å². The van der Waals surface area contributed by atoms with Gasteiger partial charge in [-0.3, -0.25) is 0 Å². The van der Waals surface area contributed by atoms with Crippen LogP contribution in [0.1, 0.15) is 24.1 Å². The molecule has 2 nitrogen and oxygen atoms in total. The summed E-state index contributed by atoms with van der Waals surface area (Å²) in [5.41, 5.74) is 2.39. The highest BCUT2D eigenvalue weighted by atomic mass is 79.9. The molecule has 0 fully saturated rings. The van der Waals surface area contributed by atoms with Crippen LogP contribution in [0.5, 0.6) is 5.75 Å². The highest BCUT2D eigenvalue weighted by Crippen LogP contribution is 2.35. The Kier molecular flexibility index (Phi) is 5.45. The number of benzene rings is 1. The summed E-state index contributed by atoms with van der Waals surface area (Å²) in [7, 11) is 1.71. The molecule has 1 aromatic heterocycles. The Hall–Kier alpha value is -0.360. The number of ether oxygens (including phenoxy) is 1. The normalized spacial score (nSPS) is 12.4. The van der Waals surface area contributed by atoms with E-state index in [4.69, 9.17) is 4.74 Å². The number of hydrogen-bond donors (Lipinski definition) is 1. The molecule has 1 atom stereocenters. The molecule has 1 unspecified atom stereocenters. The fourth-order valence-electron chi connectivity index (χ4n) is 2.02. The Balaban J connectivity index is 2.46. The third-order valence-corrected chi connectivity index (χ3v) is 4.85. The highest BCUT2D eigenvalue weighted by Gasteiger charge is 2.19. The lowest BCUT2D eigenvalue weighted by atomic mass is 10.0. The van der Waals surface area contributed by atoms with Gasteiger partial charge in [-0.2, -0.15) is 0 Å². The summed E-state index contributed by atoms with van der Waals surface area (Å²) in [4.78, 5) is 0. The average Bonchev–Trinajstić information content (AvgIpc) is 2.82. The molecule has 0 saturated heterocycles. The summed E-state index contributed by atoms with van der Waals surface area (Å²) < 4.78 is 7.68. The van der Waals surface area contributed by atoms with Crippen LogP contribution in [0.25, 0.3) is 0 Å². The van der Waals surface area contributed by atoms with Gasteiger partial charge in [-0.25, -0.2) is 0 Å². The molecule has 0 spiro atoms. The molecule has 0 saturated carbocycles. The van der Waals surface area contributed by atoms with E-state index >= 15 is 0 Å². The maximum Gasteiger partial charge on any atom is 0.124 e. The van der Waals surface area contributed by atoms with Gasteiger partial charge in [-0.15, -0.1) is 11.3 Å². The molecule has 19 heavy (non-hydrogen) atoms. The van der Waals surface area contributed by atoms with Crippen LogP contribution in [0.4, 0.5) is 0 Å². The predicted octanol–water partition coefficient (Wildman–Crippen LogP) is 4.98. The number of rotatable bonds is 5. The van der Waals surface area contributed by atoms with Crippen LogP contribution >= 0.6 is 43.2 Å². The minimum absolute atomic E-state index is 0.139. The Bertz CT molecular complexity index is 556. The van der Waals surface area contributed by atoms with Gasteiger partial charge in [0, 0.05) is 10.0 Å². The summed E-state index contributed by atoms with van der Waals surface area (Å²) in [5.74, 6) is 0.900. The van der Waals surface area contributed by atoms with Crippen LogP contribution in [-0.2, 0) is 0 Å². The van der Waals surface area contributed by atoms with Crippen molar-refractivity contribution in [2.75, 3.05) is 13.7 Å².